The van der Waals surface area contributed by atoms with E-state index in [9.17, 15) is 19.1 Å². The van der Waals surface area contributed by atoms with Crippen LogP contribution in [0.4, 0.5) is 4.39 Å². The Morgan fingerprint density at radius 3 is 2.74 bits per heavy atom. The first-order chi connectivity index (χ1) is 16.9. The standard InChI is InChI=1S/C27H22FN3O4/c1-14-7-16-18(11-29-10-15-5-3-2-4-6-15)19-12-31-23(24(19)30-22(16)9-21(14)28)8-17-20(26(31)33)13-35-27(34)25(17)32/h2-9,25,29,32H,10-13H2,1H3. The monoisotopic (exact) mass is 471 g/mol. The van der Waals surface area contributed by atoms with Gasteiger partial charge in [-0.1, -0.05) is 30.3 Å². The zero-order valence-corrected chi connectivity index (χ0v) is 19.0. The van der Waals surface area contributed by atoms with Crippen LogP contribution in [0, 0.1) is 12.7 Å². The van der Waals surface area contributed by atoms with Crippen molar-refractivity contribution >= 4 is 16.9 Å². The second-order valence-electron chi connectivity index (χ2n) is 8.99. The van der Waals surface area contributed by atoms with E-state index in [-0.39, 0.29) is 29.1 Å². The second kappa shape index (κ2) is 8.11. The number of rotatable bonds is 4. The summed E-state index contributed by atoms with van der Waals surface area (Å²) in [6.07, 6.45) is -1.52. The summed E-state index contributed by atoms with van der Waals surface area (Å²) in [4.78, 5) is 29.9. The fourth-order valence-corrected chi connectivity index (χ4v) is 4.97. The summed E-state index contributed by atoms with van der Waals surface area (Å²) >= 11 is 0. The lowest BCUT2D eigenvalue weighted by Gasteiger charge is -2.21. The number of hydrogen-bond acceptors (Lipinski definition) is 6. The highest BCUT2D eigenvalue weighted by atomic mass is 19.1. The number of esters is 1. The van der Waals surface area contributed by atoms with Crippen molar-refractivity contribution in [2.75, 3.05) is 0 Å². The van der Waals surface area contributed by atoms with Gasteiger partial charge in [0.1, 0.15) is 12.4 Å². The summed E-state index contributed by atoms with van der Waals surface area (Å²) in [6, 6.07) is 14.9. The lowest BCUT2D eigenvalue weighted by atomic mass is 9.97. The summed E-state index contributed by atoms with van der Waals surface area (Å²) in [5.41, 5.74) is 5.20. The lowest BCUT2D eigenvalue weighted by molar-refractivity contribution is -0.157. The Morgan fingerprint density at radius 2 is 1.94 bits per heavy atom. The first kappa shape index (κ1) is 21.6. The molecule has 2 aromatic carbocycles. The molecule has 0 radical (unpaired) electrons. The minimum atomic E-state index is -1.52. The number of nitrogens with one attached hydrogen (secondary N) is 1. The van der Waals surface area contributed by atoms with Crippen LogP contribution in [-0.2, 0) is 35.8 Å². The Morgan fingerprint density at radius 1 is 1.14 bits per heavy atom. The number of pyridine rings is 2. The first-order valence-corrected chi connectivity index (χ1v) is 11.4. The number of carbonyl (C=O) groups excluding carboxylic acids is 1. The average molecular weight is 471 g/mol. The molecule has 7 nitrogen and oxygen atoms in total. The third kappa shape index (κ3) is 3.45. The van der Waals surface area contributed by atoms with Crippen LogP contribution >= 0.6 is 0 Å². The van der Waals surface area contributed by atoms with Crippen molar-refractivity contribution in [2.24, 2.45) is 0 Å². The number of fused-ring (bicyclic) bond motifs is 5. The molecule has 4 aromatic rings. The molecule has 2 aromatic heterocycles. The Bertz CT molecular complexity index is 1580. The number of cyclic esters (lactones) is 1. The van der Waals surface area contributed by atoms with E-state index < -0.39 is 12.1 Å². The average Bonchev–Trinajstić information content (AvgIpc) is 3.22. The van der Waals surface area contributed by atoms with Gasteiger partial charge >= 0.3 is 5.97 Å². The number of carbonyl (C=O) groups is 1. The van der Waals surface area contributed by atoms with E-state index in [0.29, 0.717) is 42.1 Å². The van der Waals surface area contributed by atoms with E-state index in [0.717, 1.165) is 22.1 Å². The van der Waals surface area contributed by atoms with Crippen molar-refractivity contribution in [1.82, 2.24) is 14.9 Å². The summed E-state index contributed by atoms with van der Waals surface area (Å²) in [6.45, 7) is 2.98. The SMILES string of the molecule is Cc1cc2c(CNCc3ccccc3)c3c(nc2cc1F)-c1cc2c(c(=O)n1C3)COC(=O)C2O. The van der Waals surface area contributed by atoms with Crippen LogP contribution in [0.3, 0.4) is 0 Å². The van der Waals surface area contributed by atoms with Gasteiger partial charge in [0.05, 0.1) is 29.0 Å². The van der Waals surface area contributed by atoms with Crippen LogP contribution in [-0.4, -0.2) is 20.6 Å². The van der Waals surface area contributed by atoms with E-state index in [2.05, 4.69) is 5.32 Å². The van der Waals surface area contributed by atoms with Crippen molar-refractivity contribution in [3.05, 3.63) is 98.1 Å². The number of ether oxygens (including phenoxy) is 1. The van der Waals surface area contributed by atoms with Crippen molar-refractivity contribution in [3.63, 3.8) is 0 Å². The van der Waals surface area contributed by atoms with Gasteiger partial charge in [0.25, 0.3) is 5.56 Å². The maximum atomic E-state index is 14.5. The fraction of sp³-hybridized carbons (Fsp3) is 0.222. The van der Waals surface area contributed by atoms with Crippen molar-refractivity contribution < 1.29 is 19.0 Å². The van der Waals surface area contributed by atoms with E-state index in [1.807, 2.05) is 30.3 Å². The molecule has 0 saturated heterocycles. The van der Waals surface area contributed by atoms with Crippen molar-refractivity contribution in [3.8, 4) is 11.4 Å². The molecule has 0 amide bonds. The number of hydrogen-bond donors (Lipinski definition) is 2. The molecule has 1 atom stereocenters. The molecule has 0 fully saturated rings. The molecule has 35 heavy (non-hydrogen) atoms. The molecule has 0 bridgehead atoms. The van der Waals surface area contributed by atoms with Crippen molar-refractivity contribution in [1.29, 1.82) is 0 Å². The number of aliphatic hydroxyl groups is 1. The molecule has 1 unspecified atom stereocenters. The van der Waals surface area contributed by atoms with Crippen LogP contribution in [0.2, 0.25) is 0 Å². The highest BCUT2D eigenvalue weighted by Gasteiger charge is 2.34. The van der Waals surface area contributed by atoms with Crippen LogP contribution < -0.4 is 10.9 Å². The zero-order chi connectivity index (χ0) is 24.3. The molecule has 4 heterocycles. The number of benzene rings is 2. The largest absolute Gasteiger partial charge is 0.458 e. The van der Waals surface area contributed by atoms with Gasteiger partial charge in [-0.15, -0.1) is 0 Å². The molecule has 0 aliphatic carbocycles. The third-order valence-corrected chi connectivity index (χ3v) is 6.83. The van der Waals surface area contributed by atoms with Gasteiger partial charge in [0.2, 0.25) is 0 Å². The highest BCUT2D eigenvalue weighted by molar-refractivity contribution is 5.89. The topological polar surface area (TPSA) is 93.5 Å². The first-order valence-electron chi connectivity index (χ1n) is 11.4. The van der Waals surface area contributed by atoms with Crippen molar-refractivity contribution in [2.45, 2.75) is 39.3 Å². The van der Waals surface area contributed by atoms with Crippen LogP contribution in [0.1, 0.15) is 39.5 Å². The molecule has 176 valence electrons. The van der Waals surface area contributed by atoms with Gasteiger partial charge in [-0.2, -0.15) is 0 Å². The van der Waals surface area contributed by atoms with E-state index >= 15 is 0 Å². The summed E-state index contributed by atoms with van der Waals surface area (Å²) in [5, 5.41) is 14.6. The van der Waals surface area contributed by atoms with Gasteiger partial charge < -0.3 is 19.7 Å². The molecular weight excluding hydrogens is 449 g/mol. The fourth-order valence-electron chi connectivity index (χ4n) is 4.97. The molecule has 0 spiro atoms. The number of nitrogens with zero attached hydrogens (tertiary/aromatic N) is 2. The second-order valence-corrected chi connectivity index (χ2v) is 8.99. The Balaban J connectivity index is 1.50. The lowest BCUT2D eigenvalue weighted by Crippen LogP contribution is -2.32. The molecular formula is C27H22FN3O4. The molecule has 0 saturated carbocycles. The quantitative estimate of drug-likeness (QED) is 0.391. The molecule has 2 aliphatic rings. The van der Waals surface area contributed by atoms with Gasteiger partial charge in [-0.05, 0) is 35.7 Å². The van der Waals surface area contributed by atoms with E-state index in [1.165, 1.54) is 6.07 Å². The molecule has 6 rings (SSSR count). The number of aromatic nitrogens is 2. The number of aryl methyl sites for hydroxylation is 1. The zero-order valence-electron chi connectivity index (χ0n) is 19.0. The third-order valence-electron chi connectivity index (χ3n) is 6.83. The van der Waals surface area contributed by atoms with Gasteiger partial charge in [0, 0.05) is 35.7 Å². The molecule has 2 aliphatic heterocycles. The van der Waals surface area contributed by atoms with E-state index in [1.54, 1.807) is 23.6 Å². The predicted octanol–water partition coefficient (Wildman–Crippen LogP) is 3.25. The maximum Gasteiger partial charge on any atom is 0.340 e. The van der Waals surface area contributed by atoms with E-state index in [4.69, 9.17) is 9.72 Å². The van der Waals surface area contributed by atoms with Gasteiger partial charge in [-0.25, -0.2) is 14.2 Å². The summed E-state index contributed by atoms with van der Waals surface area (Å²) in [7, 11) is 0. The normalized spacial score (nSPS) is 16.1. The Hall–Kier alpha value is -3.88. The Kier molecular flexibility index (Phi) is 5.01. The minimum absolute atomic E-state index is 0.175. The summed E-state index contributed by atoms with van der Waals surface area (Å²) in [5.74, 6) is -1.14. The minimum Gasteiger partial charge on any atom is -0.458 e. The number of halogens is 1. The molecule has 8 heteroatoms. The van der Waals surface area contributed by atoms with Gasteiger partial charge in [0.15, 0.2) is 6.10 Å². The van der Waals surface area contributed by atoms with Crippen LogP contribution in [0.15, 0.2) is 53.3 Å². The van der Waals surface area contributed by atoms with Crippen LogP contribution in [0.25, 0.3) is 22.3 Å². The predicted molar refractivity (Wildman–Crippen MR) is 127 cm³/mol. The van der Waals surface area contributed by atoms with Crippen LogP contribution in [0.5, 0.6) is 0 Å². The Labute approximate surface area is 199 Å². The molecule has 2 N–H and O–H groups in total. The smallest absolute Gasteiger partial charge is 0.340 e. The van der Waals surface area contributed by atoms with Gasteiger partial charge in [-0.3, -0.25) is 4.79 Å². The highest BCUT2D eigenvalue weighted by Crippen LogP contribution is 2.38. The number of aliphatic hydroxyl groups excluding tert-OH is 1. The summed E-state index contributed by atoms with van der Waals surface area (Å²) < 4.78 is 21.1. The maximum absolute atomic E-state index is 14.5.